The van der Waals surface area contributed by atoms with E-state index in [4.69, 9.17) is 0 Å². The van der Waals surface area contributed by atoms with Gasteiger partial charge in [0.05, 0.1) is 7.11 Å². The van der Waals surface area contributed by atoms with E-state index in [9.17, 15) is 9.59 Å². The van der Waals surface area contributed by atoms with Crippen molar-refractivity contribution in [2.75, 3.05) is 32.6 Å². The molecule has 0 bridgehead atoms. The first kappa shape index (κ1) is 18.5. The van der Waals surface area contributed by atoms with E-state index in [1.807, 2.05) is 51.0 Å². The molecule has 0 amide bonds. The highest BCUT2D eigenvalue weighted by molar-refractivity contribution is 6.22. The van der Waals surface area contributed by atoms with Gasteiger partial charge in [0, 0.05) is 32.5 Å². The zero-order chi connectivity index (χ0) is 17.4. The summed E-state index contributed by atoms with van der Waals surface area (Å²) in [7, 11) is 5.22. The summed E-state index contributed by atoms with van der Waals surface area (Å²) in [5.74, 6) is -1.05. The molecule has 1 N–H and O–H groups in total. The van der Waals surface area contributed by atoms with Crippen LogP contribution in [-0.4, -0.2) is 39.5 Å². The second-order valence-electron chi connectivity index (χ2n) is 5.25. The summed E-state index contributed by atoms with van der Waals surface area (Å²) >= 11 is 0. The number of allylic oxidation sites excluding steroid dienone is 1. The molecular weight excluding hydrogens is 292 g/mol. The number of carbonyl (C=O) groups is 2. The van der Waals surface area contributed by atoms with Crippen LogP contribution in [0.1, 0.15) is 18.1 Å². The first-order valence-corrected chi connectivity index (χ1v) is 7.43. The summed E-state index contributed by atoms with van der Waals surface area (Å²) in [6.45, 7) is 4.50. The zero-order valence-electron chi connectivity index (χ0n) is 14.3. The van der Waals surface area contributed by atoms with E-state index in [1.165, 1.54) is 19.4 Å². The number of aryl methyl sites for hydroxylation is 1. The second kappa shape index (κ2) is 8.78. The number of hydrogen-bond donors (Lipinski definition) is 1. The third-order valence-corrected chi connectivity index (χ3v) is 3.25. The fourth-order valence-corrected chi connectivity index (χ4v) is 2.09. The van der Waals surface area contributed by atoms with Crippen molar-refractivity contribution in [3.05, 3.63) is 47.2 Å². The van der Waals surface area contributed by atoms with E-state index < -0.39 is 11.8 Å². The number of anilines is 1. The number of esters is 1. The molecule has 5 nitrogen and oxygen atoms in total. The van der Waals surface area contributed by atoms with Crippen LogP contribution in [0, 0.1) is 6.92 Å². The summed E-state index contributed by atoms with van der Waals surface area (Å²) in [5, 5.41) is 2.85. The predicted molar refractivity (Wildman–Crippen MR) is 93.3 cm³/mol. The summed E-state index contributed by atoms with van der Waals surface area (Å²) in [6.07, 6.45) is 4.46. The van der Waals surface area contributed by atoms with Gasteiger partial charge in [-0.15, -0.1) is 0 Å². The van der Waals surface area contributed by atoms with Crippen molar-refractivity contribution in [3.63, 3.8) is 0 Å². The van der Waals surface area contributed by atoms with Crippen molar-refractivity contribution >= 4 is 23.5 Å². The standard InChI is InChI=1S/C18H24N2O3/c1-6-19-12-15(18(22)23-5)17(21)10-8-14-7-9-16(20(3)4)13(2)11-14/h7-12,19H,6H2,1-5H3/b10-8+,15-12-. The van der Waals surface area contributed by atoms with Crippen LogP contribution in [0.25, 0.3) is 6.08 Å². The number of nitrogens with one attached hydrogen (secondary N) is 1. The maximum Gasteiger partial charge on any atom is 0.343 e. The van der Waals surface area contributed by atoms with Crippen molar-refractivity contribution < 1.29 is 14.3 Å². The molecule has 1 aromatic carbocycles. The molecule has 23 heavy (non-hydrogen) atoms. The minimum Gasteiger partial charge on any atom is -0.465 e. The Balaban J connectivity index is 2.96. The first-order valence-electron chi connectivity index (χ1n) is 7.43. The summed E-state index contributed by atoms with van der Waals surface area (Å²) < 4.78 is 4.64. The number of hydrogen-bond acceptors (Lipinski definition) is 5. The Morgan fingerprint density at radius 1 is 1.30 bits per heavy atom. The van der Waals surface area contributed by atoms with E-state index in [1.54, 1.807) is 6.08 Å². The molecule has 0 unspecified atom stereocenters. The van der Waals surface area contributed by atoms with E-state index in [2.05, 4.69) is 10.1 Å². The third kappa shape index (κ3) is 5.29. The van der Waals surface area contributed by atoms with Gasteiger partial charge in [-0.3, -0.25) is 4.79 Å². The largest absolute Gasteiger partial charge is 0.465 e. The van der Waals surface area contributed by atoms with Crippen LogP contribution in [0.5, 0.6) is 0 Å². The van der Waals surface area contributed by atoms with Gasteiger partial charge >= 0.3 is 5.97 Å². The van der Waals surface area contributed by atoms with Crippen LogP contribution in [0.2, 0.25) is 0 Å². The Morgan fingerprint density at radius 2 is 2.00 bits per heavy atom. The van der Waals surface area contributed by atoms with Crippen molar-refractivity contribution in [3.8, 4) is 0 Å². The molecule has 0 saturated carbocycles. The van der Waals surface area contributed by atoms with Gasteiger partial charge in [-0.2, -0.15) is 0 Å². The summed E-state index contributed by atoms with van der Waals surface area (Å²) in [5.41, 5.74) is 3.11. The second-order valence-corrected chi connectivity index (χ2v) is 5.25. The van der Waals surface area contributed by atoms with Gasteiger partial charge in [0.2, 0.25) is 0 Å². The minimum atomic E-state index is -0.653. The van der Waals surface area contributed by atoms with Crippen LogP contribution >= 0.6 is 0 Å². The number of benzene rings is 1. The molecule has 0 aliphatic heterocycles. The number of carbonyl (C=O) groups excluding carboxylic acids is 2. The Bertz CT molecular complexity index is 631. The lowest BCUT2D eigenvalue weighted by Crippen LogP contribution is -2.17. The van der Waals surface area contributed by atoms with E-state index in [-0.39, 0.29) is 5.57 Å². The highest BCUT2D eigenvalue weighted by Gasteiger charge is 2.16. The lowest BCUT2D eigenvalue weighted by molar-refractivity contribution is -0.137. The highest BCUT2D eigenvalue weighted by Crippen LogP contribution is 2.19. The van der Waals surface area contributed by atoms with Crippen molar-refractivity contribution in [2.24, 2.45) is 0 Å². The molecule has 0 aliphatic rings. The average molecular weight is 316 g/mol. The molecule has 5 heteroatoms. The molecule has 1 rings (SSSR count). The molecule has 0 aliphatic carbocycles. The van der Waals surface area contributed by atoms with Gasteiger partial charge in [-0.25, -0.2) is 4.79 Å². The molecule has 0 aromatic heterocycles. The Hall–Kier alpha value is -2.56. The third-order valence-electron chi connectivity index (χ3n) is 3.25. The molecular formula is C18H24N2O3. The molecule has 1 aromatic rings. The maximum atomic E-state index is 12.2. The monoisotopic (exact) mass is 316 g/mol. The predicted octanol–water partition coefficient (Wildman–Crippen LogP) is 2.31. The number of ketones is 1. The molecule has 0 fully saturated rings. The fraction of sp³-hybridized carbons (Fsp3) is 0.333. The van der Waals surface area contributed by atoms with Crippen LogP contribution in [0.3, 0.4) is 0 Å². The van der Waals surface area contributed by atoms with Gasteiger partial charge < -0.3 is 15.0 Å². The molecule has 0 radical (unpaired) electrons. The molecule has 0 spiro atoms. The van der Waals surface area contributed by atoms with E-state index >= 15 is 0 Å². The Morgan fingerprint density at radius 3 is 2.52 bits per heavy atom. The lowest BCUT2D eigenvalue weighted by Gasteiger charge is -2.15. The summed E-state index contributed by atoms with van der Waals surface area (Å²) in [4.78, 5) is 25.9. The van der Waals surface area contributed by atoms with Crippen molar-refractivity contribution in [2.45, 2.75) is 13.8 Å². The highest BCUT2D eigenvalue weighted by atomic mass is 16.5. The molecule has 0 atom stereocenters. The topological polar surface area (TPSA) is 58.6 Å². The number of rotatable bonds is 7. The van der Waals surface area contributed by atoms with Gasteiger partial charge in [0.15, 0.2) is 5.78 Å². The Labute approximate surface area is 137 Å². The minimum absolute atomic E-state index is 0.0211. The first-order chi connectivity index (χ1) is 10.9. The smallest absolute Gasteiger partial charge is 0.343 e. The average Bonchev–Trinajstić information content (AvgIpc) is 2.52. The van der Waals surface area contributed by atoms with Gasteiger partial charge in [0.25, 0.3) is 0 Å². The van der Waals surface area contributed by atoms with Crippen molar-refractivity contribution in [1.82, 2.24) is 5.32 Å². The SMILES string of the molecule is CCN/C=C(/C(=O)/C=C/c1ccc(N(C)C)c(C)c1)C(=O)OC. The van der Waals surface area contributed by atoms with E-state index in [0.717, 1.165) is 16.8 Å². The molecule has 0 heterocycles. The fourth-order valence-electron chi connectivity index (χ4n) is 2.09. The van der Waals surface area contributed by atoms with Crippen LogP contribution in [0.4, 0.5) is 5.69 Å². The lowest BCUT2D eigenvalue weighted by atomic mass is 10.1. The quantitative estimate of drug-likeness (QED) is 0.362. The summed E-state index contributed by atoms with van der Waals surface area (Å²) in [6, 6.07) is 5.91. The normalized spacial score (nSPS) is 11.4. The van der Waals surface area contributed by atoms with Crippen LogP contribution < -0.4 is 10.2 Å². The zero-order valence-corrected chi connectivity index (χ0v) is 14.3. The van der Waals surface area contributed by atoms with Gasteiger partial charge in [-0.05, 0) is 43.2 Å². The maximum absolute atomic E-state index is 12.2. The van der Waals surface area contributed by atoms with E-state index in [0.29, 0.717) is 6.54 Å². The van der Waals surface area contributed by atoms with Crippen LogP contribution in [-0.2, 0) is 14.3 Å². The number of ether oxygens (including phenoxy) is 1. The molecule has 0 saturated heterocycles. The van der Waals surface area contributed by atoms with Gasteiger partial charge in [0.1, 0.15) is 5.57 Å². The number of nitrogens with zero attached hydrogens (tertiary/aromatic N) is 1. The molecule has 124 valence electrons. The van der Waals surface area contributed by atoms with Gasteiger partial charge in [-0.1, -0.05) is 12.1 Å². The Kier molecular flexibility index (Phi) is 7.06. The van der Waals surface area contributed by atoms with Crippen LogP contribution in [0.15, 0.2) is 36.0 Å². The van der Waals surface area contributed by atoms with Crippen molar-refractivity contribution in [1.29, 1.82) is 0 Å². The number of methoxy groups -OCH3 is 1.